The molecule has 0 bridgehead atoms. The average molecular weight is 1860 g/mol. The first kappa shape index (κ1) is 122. The highest BCUT2D eigenvalue weighted by Crippen LogP contribution is 2.53. The number of thiazole rings is 2. The Hall–Kier alpha value is -5.23. The lowest BCUT2D eigenvalue weighted by Gasteiger charge is -2.49. The number of hydrogen-bond donors (Lipinski definition) is 0. The summed E-state index contributed by atoms with van der Waals surface area (Å²) in [7, 11) is 5.83. The summed E-state index contributed by atoms with van der Waals surface area (Å²) in [5.74, 6) is 4.84. The van der Waals surface area contributed by atoms with E-state index in [9.17, 15) is 4.79 Å². The van der Waals surface area contributed by atoms with Gasteiger partial charge in [-0.1, -0.05) is 279 Å². The van der Waals surface area contributed by atoms with E-state index in [1.54, 1.807) is 16.2 Å². The highest BCUT2D eigenvalue weighted by atomic mass is 32.1. The van der Waals surface area contributed by atoms with Crippen molar-refractivity contribution in [1.82, 2.24) is 58.5 Å². The summed E-state index contributed by atoms with van der Waals surface area (Å²) in [6.45, 7) is 108. The van der Waals surface area contributed by atoms with Gasteiger partial charge in [-0.2, -0.15) is 5.10 Å². The van der Waals surface area contributed by atoms with Gasteiger partial charge in [-0.15, -0.1) is 22.7 Å². The Balaban J connectivity index is 0.000000482. The number of ether oxygens (including phenoxy) is 1. The second-order valence-electron chi connectivity index (χ2n) is 53.1. The Morgan fingerprint density at radius 2 is 0.916 bits per heavy atom. The van der Waals surface area contributed by atoms with Gasteiger partial charge in [0, 0.05) is 137 Å². The number of urea groups is 1. The van der Waals surface area contributed by atoms with Crippen LogP contribution < -0.4 is 0 Å². The first-order chi connectivity index (χ1) is 59.2. The van der Waals surface area contributed by atoms with Crippen LogP contribution in [0.4, 0.5) is 4.79 Å². The molecule has 2 amide bonds. The molecule has 15 nitrogen and oxygen atoms in total. The third-order valence-corrected chi connectivity index (χ3v) is 30.0. The molecule has 17 heteroatoms. The van der Waals surface area contributed by atoms with Crippen LogP contribution in [0.2, 0.25) is 0 Å². The fourth-order valence-electron chi connectivity index (χ4n) is 15.8. The van der Waals surface area contributed by atoms with Crippen molar-refractivity contribution >= 4 is 34.4 Å². The number of carbonyl (C=O) groups is 1. The number of likely N-dealkylation sites (tertiary alicyclic amines) is 1. The average Bonchev–Trinajstić information content (AvgIpc) is 1.20. The van der Waals surface area contributed by atoms with Crippen LogP contribution in [0.3, 0.4) is 0 Å². The SMILES string of the molecule is CC(C)(C)C1(C)CCC1.CC(C)(C)C1CC1.CC(C)(C)C1CCC1.CC(C)(C)C1CCCCC1.CC(C)(C)C1CCOCC1.CC(C)(C)N1CCCC1.CC(C)(C)c1cn2ccccc2n1.C[C@H]1CCN(C)C(=O)N1C(C)(C)C.Cc1cc(C(C)(C)C)nn1C.Cc1cc(C(C)(C)C)no1.Cc1cnc(C(C)(C)C)s1.Cc1nc(C(C)(C)C)sc1C.Cn1cnc(C(C)(C)C)c1. The van der Waals surface area contributed by atoms with Crippen LogP contribution in [0.15, 0.2) is 66.0 Å². The molecule has 7 fully saturated rings. The summed E-state index contributed by atoms with van der Waals surface area (Å²) in [5, 5.41) is 10.8. The molecule has 14 rings (SSSR count). The maximum atomic E-state index is 11.8. The maximum Gasteiger partial charge on any atom is 0.320 e. The van der Waals surface area contributed by atoms with E-state index >= 15 is 0 Å². The van der Waals surface area contributed by atoms with E-state index in [1.807, 2.05) is 96.5 Å². The zero-order valence-corrected chi connectivity index (χ0v) is 96.5. The van der Waals surface area contributed by atoms with Gasteiger partial charge >= 0.3 is 6.03 Å². The van der Waals surface area contributed by atoms with Gasteiger partial charge in [0.15, 0.2) is 0 Å². The van der Waals surface area contributed by atoms with Gasteiger partial charge in [0.25, 0.3) is 0 Å². The Morgan fingerprint density at radius 1 is 0.450 bits per heavy atom. The second-order valence-corrected chi connectivity index (χ2v) is 55.5. The predicted octanol–water partition coefficient (Wildman–Crippen LogP) is 32.8. The van der Waals surface area contributed by atoms with Gasteiger partial charge in [-0.25, -0.2) is 24.7 Å². The molecule has 0 N–H and O–H groups in total. The van der Waals surface area contributed by atoms with Gasteiger partial charge in [0.05, 0.1) is 44.8 Å². The van der Waals surface area contributed by atoms with E-state index in [0.717, 1.165) is 84.0 Å². The molecule has 7 aromatic rings. The molecule has 0 aromatic carbocycles. The summed E-state index contributed by atoms with van der Waals surface area (Å²) in [6, 6.07) is 10.7. The minimum atomic E-state index is -0.0643. The van der Waals surface area contributed by atoms with E-state index in [2.05, 4.69) is 370 Å². The minimum Gasteiger partial charge on any atom is -0.381 e. The molecule has 0 unspecified atom stereocenters. The lowest BCUT2D eigenvalue weighted by molar-refractivity contribution is 0.0176. The smallest absolute Gasteiger partial charge is 0.320 e. The van der Waals surface area contributed by atoms with Crippen molar-refractivity contribution in [3.63, 3.8) is 0 Å². The van der Waals surface area contributed by atoms with Gasteiger partial charge in [0.1, 0.15) is 11.4 Å². The van der Waals surface area contributed by atoms with Crippen LogP contribution in [0.5, 0.6) is 0 Å². The number of aryl methyl sites for hydroxylation is 7. The number of carbonyl (C=O) groups excluding carboxylic acids is 1. The number of fused-ring (bicyclic) bond motifs is 1. The van der Waals surface area contributed by atoms with E-state index in [1.165, 1.54) is 153 Å². The summed E-state index contributed by atoms with van der Waals surface area (Å²) in [6.07, 6.45) is 35.4. The van der Waals surface area contributed by atoms with Crippen LogP contribution >= 0.6 is 22.7 Å². The van der Waals surface area contributed by atoms with Crippen LogP contribution in [-0.4, -0.2) is 122 Å². The third kappa shape index (κ3) is 45.7. The van der Waals surface area contributed by atoms with Crippen LogP contribution in [0.1, 0.15) is 459 Å². The highest BCUT2D eigenvalue weighted by molar-refractivity contribution is 7.12. The number of rotatable bonds is 0. The largest absolute Gasteiger partial charge is 0.381 e. The van der Waals surface area contributed by atoms with Crippen LogP contribution in [0, 0.1) is 90.8 Å². The standard InChI is InChI=1S/C11H14N2.C10H20N2O.C10H20.C9H16N2.C9H15NS.C9H18O.C9H18.C8H14N2.C8H13NO.C8H13NS.C8H17N.C8H16.C7H14/c1-11(2,3)9-8-13-7-5-4-6-10(13)12-9;1-8-6-7-11(5)9(13)12(8)10(2,3)4;1-10(2,3)9-7-5-4-6-8-9;1-7-6-8(9(2,3)4)10-11(7)5;1-6-7(2)11-8(10-6)9(3,4)5;1-9(2,3)8-4-6-10-7-5-8;1-8(2,3)9(4)6-5-7-9;1-8(2,3)7-5-10(4)6-9-7;1-6-5-7(9-10-6)8(2,3)4;1-6-5-9-7(10-6)8(2,3)4;1-8(2,3)9-6-4-5-7-9;1-8(2,3)7-5-4-6-7;1-7(2,3)6-4-5-6/h4-8H,1-3H3;8H,6-7H2,1-5H3;9H,4-8H2,1-3H3;6H,1-5H3;1-5H3;8H,4-7H2,1-3H3;5-7H2,1-4H3;5-6H,1-4H3;2*5H,1-4H3;4-7H2,1-3H3;7H,4-6H2,1-3H3;6H,4-5H2,1-3H3/t;8-;;;;;;;;;;;/m.0.........../s1. The number of amides is 2. The number of aromatic nitrogens is 9. The Bertz CT molecular complexity index is 4020. The van der Waals surface area contributed by atoms with Crippen LogP contribution in [-0.2, 0) is 51.3 Å². The fraction of sp³-hybridized carbons (Fsp3) is 0.798. The number of nitrogens with zero attached hydrogens (tertiary/aromatic N) is 12. The lowest BCUT2D eigenvalue weighted by atomic mass is 9.56. The predicted molar refractivity (Wildman–Crippen MR) is 572 cm³/mol. The van der Waals surface area contributed by atoms with E-state index in [4.69, 9.17) is 9.26 Å². The molecule has 754 valence electrons. The second kappa shape index (κ2) is 50.9. The molecule has 0 spiro atoms. The molecular formula is C114H208N12O3S2. The summed E-state index contributed by atoms with van der Waals surface area (Å²) in [4.78, 5) is 38.4. The first-order valence-corrected chi connectivity index (χ1v) is 52.5. The van der Waals surface area contributed by atoms with Gasteiger partial charge in [0.2, 0.25) is 0 Å². The third-order valence-electron chi connectivity index (χ3n) is 27.1. The zero-order valence-electron chi connectivity index (χ0n) is 94.8. The Labute approximate surface area is 816 Å². The molecule has 3 saturated heterocycles. The normalized spacial score (nSPS) is 18.0. The summed E-state index contributed by atoms with van der Waals surface area (Å²) >= 11 is 3.59. The van der Waals surface area contributed by atoms with Gasteiger partial charge in [-0.3, -0.25) is 9.58 Å². The number of hydrogen-bond acceptors (Lipinski definition) is 12. The van der Waals surface area contributed by atoms with Crippen molar-refractivity contribution in [3.8, 4) is 0 Å². The van der Waals surface area contributed by atoms with Crippen molar-refractivity contribution in [3.05, 3.63) is 121 Å². The molecule has 1 atom stereocenters. The molecule has 10 heterocycles. The van der Waals surface area contributed by atoms with E-state index in [0.29, 0.717) is 44.1 Å². The molecule has 4 saturated carbocycles. The monoisotopic (exact) mass is 1860 g/mol. The molecule has 0 radical (unpaired) electrons. The van der Waals surface area contributed by atoms with Crippen molar-refractivity contribution in [1.29, 1.82) is 0 Å². The van der Waals surface area contributed by atoms with Gasteiger partial charge < -0.3 is 28.0 Å². The topological polar surface area (TPSA) is 141 Å². The molecule has 7 aliphatic rings. The highest BCUT2D eigenvalue weighted by Gasteiger charge is 2.42. The van der Waals surface area contributed by atoms with Crippen molar-refractivity contribution in [2.45, 2.75) is 484 Å². The Morgan fingerprint density at radius 3 is 1.15 bits per heavy atom. The molecule has 3 aliphatic heterocycles. The Kier molecular flexibility index (Phi) is 47.3. The molecular weight excluding hydrogens is 1650 g/mol. The fourth-order valence-corrected chi connectivity index (χ4v) is 17.6. The molecule has 7 aromatic heterocycles. The van der Waals surface area contributed by atoms with Crippen LogP contribution in [0.25, 0.3) is 5.65 Å². The van der Waals surface area contributed by atoms with E-state index in [-0.39, 0.29) is 44.1 Å². The zero-order chi connectivity index (χ0) is 101. The van der Waals surface area contributed by atoms with Crippen molar-refractivity contribution < 1.29 is 14.1 Å². The number of pyridine rings is 1. The first-order valence-electron chi connectivity index (χ1n) is 50.8. The quantitative estimate of drug-likeness (QED) is 0.144. The summed E-state index contributed by atoms with van der Waals surface area (Å²) in [5.41, 5.74) is 12.7. The van der Waals surface area contributed by atoms with E-state index < -0.39 is 0 Å². The molecule has 131 heavy (non-hydrogen) atoms. The van der Waals surface area contributed by atoms with Gasteiger partial charge in [-0.05, 0) is 254 Å². The number of imidazole rings is 2. The van der Waals surface area contributed by atoms with Crippen molar-refractivity contribution in [2.75, 3.05) is 39.9 Å². The minimum absolute atomic E-state index is 0.0643. The maximum absolute atomic E-state index is 11.8. The molecule has 4 aliphatic carbocycles. The lowest BCUT2D eigenvalue weighted by Crippen LogP contribution is -2.59. The van der Waals surface area contributed by atoms with Crippen molar-refractivity contribution in [2.24, 2.45) is 70.3 Å². The summed E-state index contributed by atoms with van der Waals surface area (Å²) < 4.78 is 16.2.